The molecule has 12 heavy (non-hydrogen) atoms. The Balaban J connectivity index is 5.03. The van der Waals surface area contributed by atoms with Gasteiger partial charge in [0, 0.05) is 12.2 Å². The summed E-state index contributed by atoms with van der Waals surface area (Å²) >= 11 is 0. The van der Waals surface area contributed by atoms with Gasteiger partial charge >= 0.3 is 0 Å². The Morgan fingerprint density at radius 3 is 1.83 bits per heavy atom. The molecule has 70 valence electrons. The molecule has 0 saturated heterocycles. The first-order valence-corrected chi connectivity index (χ1v) is 3.94. The van der Waals surface area contributed by atoms with Crippen LogP contribution >= 0.6 is 0 Å². The van der Waals surface area contributed by atoms with Crippen LogP contribution in [0, 0.1) is 0 Å². The Morgan fingerprint density at radius 1 is 1.33 bits per heavy atom. The van der Waals surface area contributed by atoms with Crippen molar-refractivity contribution in [1.29, 1.82) is 0 Å². The third-order valence-electron chi connectivity index (χ3n) is 2.31. The fraction of sp³-hybridized carbons (Fsp3) is 0.556. The van der Waals surface area contributed by atoms with Gasteiger partial charge in [0.05, 0.1) is 5.54 Å². The normalized spacial score (nSPS) is 15.1. The molecule has 3 nitrogen and oxygen atoms in total. The highest BCUT2D eigenvalue weighted by Crippen LogP contribution is 2.20. The monoisotopic (exact) mass is 169 g/mol. The SMILES string of the molecule is C=C(N)C(N)(CN)C(C)=C(C)C. The predicted octanol–water partition coefficient (Wildman–Crippen LogP) is 0.471. The minimum atomic E-state index is -0.737. The summed E-state index contributed by atoms with van der Waals surface area (Å²) in [5, 5.41) is 0. The minimum absolute atomic E-state index is 0.291. The minimum Gasteiger partial charge on any atom is -0.401 e. The molecule has 0 bridgehead atoms. The van der Waals surface area contributed by atoms with Crippen molar-refractivity contribution in [3.8, 4) is 0 Å². The van der Waals surface area contributed by atoms with Crippen LogP contribution in [0.15, 0.2) is 23.4 Å². The average molecular weight is 169 g/mol. The summed E-state index contributed by atoms with van der Waals surface area (Å²) in [5.74, 6) is 0. The molecule has 0 aliphatic carbocycles. The van der Waals surface area contributed by atoms with Crippen LogP contribution in [0.4, 0.5) is 0 Å². The zero-order valence-corrected chi connectivity index (χ0v) is 8.15. The molecule has 3 heteroatoms. The predicted molar refractivity (Wildman–Crippen MR) is 53.3 cm³/mol. The van der Waals surface area contributed by atoms with Gasteiger partial charge in [-0.15, -0.1) is 0 Å². The van der Waals surface area contributed by atoms with Gasteiger partial charge in [0.15, 0.2) is 0 Å². The molecule has 0 rings (SSSR count). The van der Waals surface area contributed by atoms with Gasteiger partial charge in [0.1, 0.15) is 0 Å². The summed E-state index contributed by atoms with van der Waals surface area (Å²) in [6.45, 7) is 9.83. The van der Waals surface area contributed by atoms with Crippen LogP contribution in [-0.2, 0) is 0 Å². The van der Waals surface area contributed by atoms with E-state index in [0.717, 1.165) is 11.1 Å². The molecule has 0 aromatic carbocycles. The topological polar surface area (TPSA) is 78.1 Å². The Labute approximate surface area is 74.3 Å². The molecule has 0 saturated carbocycles. The van der Waals surface area contributed by atoms with E-state index in [-0.39, 0.29) is 0 Å². The third kappa shape index (κ3) is 1.87. The van der Waals surface area contributed by atoms with Gasteiger partial charge in [-0.1, -0.05) is 12.2 Å². The molecule has 0 aromatic heterocycles. The average Bonchev–Trinajstić information content (AvgIpc) is 2.01. The van der Waals surface area contributed by atoms with Gasteiger partial charge in [0.25, 0.3) is 0 Å². The van der Waals surface area contributed by atoms with Gasteiger partial charge in [0.2, 0.25) is 0 Å². The van der Waals surface area contributed by atoms with Crippen molar-refractivity contribution in [2.45, 2.75) is 26.3 Å². The molecule has 0 fully saturated rings. The van der Waals surface area contributed by atoms with Crippen LogP contribution in [0.3, 0.4) is 0 Å². The quantitative estimate of drug-likeness (QED) is 0.537. The summed E-state index contributed by atoms with van der Waals surface area (Å²) < 4.78 is 0. The number of hydrogen-bond acceptors (Lipinski definition) is 3. The largest absolute Gasteiger partial charge is 0.401 e. The van der Waals surface area contributed by atoms with Crippen molar-refractivity contribution in [1.82, 2.24) is 0 Å². The van der Waals surface area contributed by atoms with Crippen LogP contribution in [0.25, 0.3) is 0 Å². The first-order chi connectivity index (χ1) is 5.36. The molecule has 6 N–H and O–H groups in total. The second-order valence-electron chi connectivity index (χ2n) is 3.33. The van der Waals surface area contributed by atoms with Gasteiger partial charge in [-0.25, -0.2) is 0 Å². The van der Waals surface area contributed by atoms with E-state index in [1.54, 1.807) is 0 Å². The van der Waals surface area contributed by atoms with Gasteiger partial charge in [-0.05, 0) is 26.3 Å². The van der Waals surface area contributed by atoms with E-state index in [2.05, 4.69) is 6.58 Å². The molecular formula is C9H19N3. The van der Waals surface area contributed by atoms with Crippen molar-refractivity contribution in [2.75, 3.05) is 6.54 Å². The summed E-state index contributed by atoms with van der Waals surface area (Å²) in [6.07, 6.45) is 0. The molecule has 0 heterocycles. The molecular weight excluding hydrogens is 150 g/mol. The highest BCUT2D eigenvalue weighted by molar-refractivity contribution is 5.33. The van der Waals surface area contributed by atoms with Crippen LogP contribution in [0.2, 0.25) is 0 Å². The molecule has 0 aliphatic heterocycles. The molecule has 1 atom stereocenters. The van der Waals surface area contributed by atoms with Crippen molar-refractivity contribution < 1.29 is 0 Å². The zero-order valence-electron chi connectivity index (χ0n) is 8.15. The maximum absolute atomic E-state index is 5.98. The first-order valence-electron chi connectivity index (χ1n) is 3.94. The third-order valence-corrected chi connectivity index (χ3v) is 2.31. The van der Waals surface area contributed by atoms with E-state index in [4.69, 9.17) is 17.2 Å². The van der Waals surface area contributed by atoms with E-state index >= 15 is 0 Å². The van der Waals surface area contributed by atoms with Crippen LogP contribution in [-0.4, -0.2) is 12.1 Å². The lowest BCUT2D eigenvalue weighted by atomic mass is 9.86. The van der Waals surface area contributed by atoms with Gasteiger partial charge in [-0.3, -0.25) is 0 Å². The standard InChI is InChI=1S/C9H19N3/c1-6(2)7(3)9(12,5-10)8(4)11/h4-5,10-12H2,1-3H3. The lowest BCUT2D eigenvalue weighted by Gasteiger charge is -2.30. The maximum Gasteiger partial charge on any atom is 0.0888 e. The van der Waals surface area contributed by atoms with E-state index in [9.17, 15) is 0 Å². The Hall–Kier alpha value is -0.800. The van der Waals surface area contributed by atoms with Crippen molar-refractivity contribution in [2.24, 2.45) is 17.2 Å². The second-order valence-corrected chi connectivity index (χ2v) is 3.33. The molecule has 0 aliphatic rings. The fourth-order valence-corrected chi connectivity index (χ4v) is 0.971. The van der Waals surface area contributed by atoms with Gasteiger partial charge < -0.3 is 17.2 Å². The molecule has 0 radical (unpaired) electrons. The number of nitrogens with two attached hydrogens (primary N) is 3. The number of allylic oxidation sites excluding steroid dienone is 1. The highest BCUT2D eigenvalue weighted by Gasteiger charge is 2.27. The fourth-order valence-electron chi connectivity index (χ4n) is 0.971. The van der Waals surface area contributed by atoms with Crippen molar-refractivity contribution in [3.05, 3.63) is 23.4 Å². The van der Waals surface area contributed by atoms with Gasteiger partial charge in [-0.2, -0.15) is 0 Å². The lowest BCUT2D eigenvalue weighted by molar-refractivity contribution is 0.580. The summed E-state index contributed by atoms with van der Waals surface area (Å²) in [6, 6.07) is 0. The van der Waals surface area contributed by atoms with Crippen molar-refractivity contribution >= 4 is 0 Å². The zero-order chi connectivity index (χ0) is 9.94. The van der Waals surface area contributed by atoms with Crippen LogP contribution in [0.1, 0.15) is 20.8 Å². The van der Waals surface area contributed by atoms with Crippen LogP contribution < -0.4 is 17.2 Å². The number of hydrogen-bond donors (Lipinski definition) is 3. The van der Waals surface area contributed by atoms with E-state index in [0.29, 0.717) is 12.2 Å². The van der Waals surface area contributed by atoms with Crippen molar-refractivity contribution in [3.63, 3.8) is 0 Å². The Morgan fingerprint density at radius 2 is 1.75 bits per heavy atom. The second kappa shape index (κ2) is 3.74. The van der Waals surface area contributed by atoms with Crippen LogP contribution in [0.5, 0.6) is 0 Å². The molecule has 1 unspecified atom stereocenters. The summed E-state index contributed by atoms with van der Waals surface area (Å²) in [7, 11) is 0. The molecule has 0 spiro atoms. The smallest absolute Gasteiger partial charge is 0.0888 e. The number of rotatable bonds is 3. The van der Waals surface area contributed by atoms with E-state index < -0.39 is 5.54 Å². The highest BCUT2D eigenvalue weighted by atomic mass is 14.9. The molecule has 0 aromatic rings. The molecule has 0 amide bonds. The summed E-state index contributed by atoms with van der Waals surface area (Å²) in [4.78, 5) is 0. The lowest BCUT2D eigenvalue weighted by Crippen LogP contribution is -2.52. The summed E-state index contributed by atoms with van der Waals surface area (Å²) in [5.41, 5.74) is 18.9. The maximum atomic E-state index is 5.98. The van der Waals surface area contributed by atoms with E-state index in [1.807, 2.05) is 20.8 Å². The van der Waals surface area contributed by atoms with E-state index in [1.165, 1.54) is 0 Å². The Kier molecular flexibility index (Phi) is 3.49. The first kappa shape index (κ1) is 11.2. The Bertz CT molecular complexity index is 214.